The molecule has 1 aliphatic heterocycles. The number of nitrogens with zero attached hydrogens (tertiary/aromatic N) is 1. The van der Waals surface area contributed by atoms with Crippen LogP contribution in [0.5, 0.6) is 0 Å². The van der Waals surface area contributed by atoms with Gasteiger partial charge >= 0.3 is 5.97 Å². The van der Waals surface area contributed by atoms with Crippen LogP contribution in [0.3, 0.4) is 0 Å². The highest BCUT2D eigenvalue weighted by Gasteiger charge is 2.33. The predicted octanol–water partition coefficient (Wildman–Crippen LogP) is 4.07. The number of alkyl halides is 1. The summed E-state index contributed by atoms with van der Waals surface area (Å²) in [5.74, 6) is -0.910. The zero-order valence-electron chi connectivity index (χ0n) is 19.7. The van der Waals surface area contributed by atoms with Gasteiger partial charge in [0.05, 0.1) is 0 Å². The number of hydrogen-bond acceptors (Lipinski definition) is 6. The average molecular weight is 551 g/mol. The number of hydrogen-bond donors (Lipinski definition) is 1. The molecule has 8 heteroatoms. The molecule has 0 saturated heterocycles. The number of carbonyl (C=O) groups excluding carboxylic acids is 3. The lowest BCUT2D eigenvalue weighted by atomic mass is 10.00. The first-order valence-corrected chi connectivity index (χ1v) is 12.8. The predicted molar refractivity (Wildman–Crippen MR) is 138 cm³/mol. The van der Waals surface area contributed by atoms with Gasteiger partial charge in [0, 0.05) is 30.1 Å². The molecule has 1 atom stereocenters. The van der Waals surface area contributed by atoms with Crippen molar-refractivity contribution in [3.63, 3.8) is 0 Å². The van der Waals surface area contributed by atoms with Crippen molar-refractivity contribution in [3.8, 4) is 0 Å². The normalized spacial score (nSPS) is 15.4. The van der Waals surface area contributed by atoms with Gasteiger partial charge in [-0.2, -0.15) is 0 Å². The molecule has 0 radical (unpaired) electrons. The standard InChI is InChI=1S/C28H27BrN2O5/c29-14-19-6-8-21(9-7-19)18-36-27-23-16-31(15-22(23)10-12-25(27)32)24(28(30)34)11-13-26(33)35-17-20-4-2-1-3-5-20/h1-10,12,15,24H,11,13-14,16-18H2,(H2,30,34)/t24-/m1/s1. The Bertz CT molecular complexity index is 1220. The van der Waals surface area contributed by atoms with Crippen LogP contribution in [0.25, 0.3) is 0 Å². The molecular weight excluding hydrogens is 524 g/mol. The Labute approximate surface area is 218 Å². The number of carbonyl (C=O) groups is 3. The number of benzene rings is 2. The quantitative estimate of drug-likeness (QED) is 0.334. The number of allylic oxidation sites excluding steroid dienone is 2. The van der Waals surface area contributed by atoms with Gasteiger partial charge in [0.15, 0.2) is 5.76 Å². The lowest BCUT2D eigenvalue weighted by molar-refractivity contribution is -0.145. The van der Waals surface area contributed by atoms with E-state index in [0.717, 1.165) is 27.6 Å². The molecule has 0 saturated carbocycles. The Kier molecular flexibility index (Phi) is 8.38. The molecule has 36 heavy (non-hydrogen) atoms. The number of esters is 1. The van der Waals surface area contributed by atoms with Crippen molar-refractivity contribution in [2.45, 2.75) is 37.4 Å². The van der Waals surface area contributed by atoms with Crippen LogP contribution >= 0.6 is 15.9 Å². The first-order valence-electron chi connectivity index (χ1n) is 11.6. The highest BCUT2D eigenvalue weighted by molar-refractivity contribution is 9.08. The van der Waals surface area contributed by atoms with Crippen molar-refractivity contribution < 1.29 is 23.9 Å². The molecule has 1 heterocycles. The lowest BCUT2D eigenvalue weighted by Gasteiger charge is -2.25. The monoisotopic (exact) mass is 550 g/mol. The van der Waals surface area contributed by atoms with Gasteiger partial charge in [0.25, 0.3) is 0 Å². The maximum absolute atomic E-state index is 12.6. The summed E-state index contributed by atoms with van der Waals surface area (Å²) in [6.07, 6.45) is 5.20. The maximum Gasteiger partial charge on any atom is 0.306 e. The Hall–Kier alpha value is -3.65. The number of primary amides is 1. The fraction of sp³-hybridized carbons (Fsp3) is 0.250. The first-order chi connectivity index (χ1) is 17.4. The van der Waals surface area contributed by atoms with Crippen LogP contribution in [0, 0.1) is 0 Å². The van der Waals surface area contributed by atoms with Crippen LogP contribution in [-0.4, -0.2) is 35.1 Å². The second kappa shape index (κ2) is 11.9. The van der Waals surface area contributed by atoms with Crippen LogP contribution in [0.2, 0.25) is 0 Å². The number of nitrogens with two attached hydrogens (primary N) is 1. The summed E-state index contributed by atoms with van der Waals surface area (Å²) in [5.41, 5.74) is 10.2. The number of ether oxygens (including phenoxy) is 2. The van der Waals surface area contributed by atoms with Gasteiger partial charge in [-0.3, -0.25) is 14.4 Å². The molecule has 186 valence electrons. The summed E-state index contributed by atoms with van der Waals surface area (Å²) in [4.78, 5) is 38.9. The number of ketones is 1. The molecular formula is C28H27BrN2O5. The summed E-state index contributed by atoms with van der Waals surface area (Å²) in [7, 11) is 0. The SMILES string of the molecule is NC(=O)[C@@H](CCC(=O)OCc1ccccc1)N1C=C2C=CC(=O)C(OCc3ccc(CBr)cc3)=C2C1. The minimum Gasteiger partial charge on any atom is -0.484 e. The van der Waals surface area contributed by atoms with Crippen molar-refractivity contribution in [2.75, 3.05) is 6.54 Å². The van der Waals surface area contributed by atoms with Gasteiger partial charge in [-0.05, 0) is 40.8 Å². The van der Waals surface area contributed by atoms with Crippen molar-refractivity contribution >= 4 is 33.6 Å². The van der Waals surface area contributed by atoms with Crippen molar-refractivity contribution in [1.82, 2.24) is 4.90 Å². The zero-order valence-corrected chi connectivity index (χ0v) is 21.3. The summed E-state index contributed by atoms with van der Waals surface area (Å²) in [6, 6.07) is 16.6. The molecule has 7 nitrogen and oxygen atoms in total. The highest BCUT2D eigenvalue weighted by Crippen LogP contribution is 2.32. The van der Waals surface area contributed by atoms with Gasteiger partial charge in [0.1, 0.15) is 19.3 Å². The molecule has 1 aliphatic carbocycles. The minimum atomic E-state index is -0.721. The fourth-order valence-corrected chi connectivity index (χ4v) is 4.46. The third kappa shape index (κ3) is 6.31. The van der Waals surface area contributed by atoms with Gasteiger partial charge in [0.2, 0.25) is 11.7 Å². The molecule has 2 aliphatic rings. The second-order valence-electron chi connectivity index (χ2n) is 8.60. The Morgan fingerprint density at radius 2 is 1.67 bits per heavy atom. The van der Waals surface area contributed by atoms with Crippen LogP contribution in [0.4, 0.5) is 0 Å². The van der Waals surface area contributed by atoms with E-state index in [1.807, 2.05) is 54.6 Å². The number of halogens is 1. The summed E-state index contributed by atoms with van der Waals surface area (Å²) in [6.45, 7) is 0.713. The lowest BCUT2D eigenvalue weighted by Crippen LogP contribution is -2.41. The molecule has 0 unspecified atom stereocenters. The molecule has 0 fully saturated rings. The van der Waals surface area contributed by atoms with Gasteiger partial charge in [-0.25, -0.2) is 0 Å². The topological polar surface area (TPSA) is 98.9 Å². The van der Waals surface area contributed by atoms with Crippen molar-refractivity contribution in [3.05, 3.63) is 107 Å². The molecule has 2 aromatic carbocycles. The average Bonchev–Trinajstić information content (AvgIpc) is 3.31. The number of amides is 1. The number of fused-ring (bicyclic) bond motifs is 1. The third-order valence-electron chi connectivity index (χ3n) is 6.06. The van der Waals surface area contributed by atoms with Crippen LogP contribution < -0.4 is 5.73 Å². The maximum atomic E-state index is 12.6. The van der Waals surface area contributed by atoms with Gasteiger partial charge in [-0.15, -0.1) is 0 Å². The zero-order chi connectivity index (χ0) is 25.5. The second-order valence-corrected chi connectivity index (χ2v) is 9.16. The first kappa shape index (κ1) is 25.4. The van der Waals surface area contributed by atoms with Crippen LogP contribution in [-0.2, 0) is 42.4 Å². The van der Waals surface area contributed by atoms with E-state index in [2.05, 4.69) is 15.9 Å². The fourth-order valence-electron chi connectivity index (χ4n) is 4.09. The molecule has 0 bridgehead atoms. The summed E-state index contributed by atoms with van der Waals surface area (Å²) >= 11 is 3.43. The van der Waals surface area contributed by atoms with Crippen LogP contribution in [0.1, 0.15) is 29.5 Å². The molecule has 2 N–H and O–H groups in total. The number of rotatable bonds is 11. The highest BCUT2D eigenvalue weighted by atomic mass is 79.9. The smallest absolute Gasteiger partial charge is 0.306 e. The van der Waals surface area contributed by atoms with E-state index in [4.69, 9.17) is 15.2 Å². The molecule has 1 amide bonds. The van der Waals surface area contributed by atoms with E-state index < -0.39 is 17.9 Å². The summed E-state index contributed by atoms with van der Waals surface area (Å²) in [5, 5.41) is 0.766. The third-order valence-corrected chi connectivity index (χ3v) is 6.71. The largest absolute Gasteiger partial charge is 0.484 e. The molecule has 4 rings (SSSR count). The minimum absolute atomic E-state index is 0.0433. The Morgan fingerprint density at radius 3 is 2.36 bits per heavy atom. The molecule has 2 aromatic rings. The Balaban J connectivity index is 1.39. The van der Waals surface area contributed by atoms with E-state index >= 15 is 0 Å². The van der Waals surface area contributed by atoms with E-state index in [0.29, 0.717) is 5.57 Å². The van der Waals surface area contributed by atoms with E-state index in [9.17, 15) is 14.4 Å². The van der Waals surface area contributed by atoms with Gasteiger partial charge in [-0.1, -0.05) is 70.5 Å². The van der Waals surface area contributed by atoms with Gasteiger partial charge < -0.3 is 20.1 Å². The van der Waals surface area contributed by atoms with Crippen LogP contribution in [0.15, 0.2) is 89.9 Å². The van der Waals surface area contributed by atoms with E-state index in [1.165, 1.54) is 6.08 Å². The summed E-state index contributed by atoms with van der Waals surface area (Å²) < 4.78 is 11.3. The molecule has 0 aromatic heterocycles. The van der Waals surface area contributed by atoms with Crippen molar-refractivity contribution in [2.24, 2.45) is 5.73 Å². The van der Waals surface area contributed by atoms with Crippen molar-refractivity contribution in [1.29, 1.82) is 0 Å². The molecule has 0 spiro atoms. The van der Waals surface area contributed by atoms with E-state index in [1.54, 1.807) is 17.2 Å². The Morgan fingerprint density at radius 1 is 0.972 bits per heavy atom. The van der Waals surface area contributed by atoms with E-state index in [-0.39, 0.29) is 44.1 Å².